The monoisotopic (exact) mass is 345 g/mol. The van der Waals surface area contributed by atoms with E-state index in [-0.39, 0.29) is 11.8 Å². The molecule has 2 fully saturated rings. The van der Waals surface area contributed by atoms with Crippen molar-refractivity contribution in [1.82, 2.24) is 14.4 Å². The first-order chi connectivity index (χ1) is 12.0. The number of aromatic nitrogens is 1. The van der Waals surface area contributed by atoms with Crippen LogP contribution in [0.25, 0.3) is 0 Å². The largest absolute Gasteiger partial charge is 0.351 e. The van der Waals surface area contributed by atoms with Gasteiger partial charge in [0.05, 0.1) is 5.56 Å². The summed E-state index contributed by atoms with van der Waals surface area (Å²) in [5, 5.41) is 0. The second-order valence-electron chi connectivity index (χ2n) is 7.65. The Hall–Kier alpha value is -1.78. The molecule has 0 unspecified atom stereocenters. The number of rotatable bonds is 2. The van der Waals surface area contributed by atoms with Crippen molar-refractivity contribution in [1.29, 1.82) is 0 Å². The molecule has 0 radical (unpaired) electrons. The minimum Gasteiger partial charge on any atom is -0.351 e. The van der Waals surface area contributed by atoms with Gasteiger partial charge >= 0.3 is 0 Å². The van der Waals surface area contributed by atoms with E-state index >= 15 is 0 Å². The van der Waals surface area contributed by atoms with Gasteiger partial charge in [0.15, 0.2) is 0 Å². The second-order valence-corrected chi connectivity index (χ2v) is 7.65. The first kappa shape index (κ1) is 18.0. The van der Waals surface area contributed by atoms with Crippen molar-refractivity contribution in [3.05, 3.63) is 23.0 Å². The van der Waals surface area contributed by atoms with Crippen LogP contribution in [0.4, 0.5) is 0 Å². The lowest BCUT2D eigenvalue weighted by molar-refractivity contribution is -0.136. The molecule has 0 atom stereocenters. The van der Waals surface area contributed by atoms with Gasteiger partial charge in [0, 0.05) is 50.5 Å². The van der Waals surface area contributed by atoms with Gasteiger partial charge < -0.3 is 14.4 Å². The molecule has 0 bridgehead atoms. The summed E-state index contributed by atoms with van der Waals surface area (Å²) in [4.78, 5) is 29.6. The molecular formula is C20H31N3O2. The minimum atomic E-state index is 0.105. The maximum absolute atomic E-state index is 12.9. The lowest BCUT2D eigenvalue weighted by Gasteiger charge is -2.28. The molecule has 5 nitrogen and oxygen atoms in total. The summed E-state index contributed by atoms with van der Waals surface area (Å²) >= 11 is 0. The summed E-state index contributed by atoms with van der Waals surface area (Å²) in [5.74, 6) is 0.643. The van der Waals surface area contributed by atoms with Gasteiger partial charge in [-0.25, -0.2) is 0 Å². The summed E-state index contributed by atoms with van der Waals surface area (Å²) in [6.07, 6.45) is 6.58. The highest BCUT2D eigenvalue weighted by Crippen LogP contribution is 2.26. The third kappa shape index (κ3) is 3.75. The van der Waals surface area contributed by atoms with Gasteiger partial charge in [-0.3, -0.25) is 9.59 Å². The number of hydrogen-bond acceptors (Lipinski definition) is 2. The fourth-order valence-electron chi connectivity index (χ4n) is 4.19. The summed E-state index contributed by atoms with van der Waals surface area (Å²) in [6, 6.07) is 1.98. The number of nitrogens with zero attached hydrogens (tertiary/aromatic N) is 3. The SMILES string of the molecule is Cc1cc(C(=O)N2CCCN(C(=O)C3CCCCC3)CC2)c(C)n1C. The van der Waals surface area contributed by atoms with E-state index in [2.05, 4.69) is 4.57 Å². The van der Waals surface area contributed by atoms with Gasteiger partial charge in [-0.2, -0.15) is 0 Å². The molecule has 0 N–H and O–H groups in total. The quantitative estimate of drug-likeness (QED) is 0.827. The Morgan fingerprint density at radius 2 is 1.56 bits per heavy atom. The van der Waals surface area contributed by atoms with Crippen molar-refractivity contribution in [2.75, 3.05) is 26.2 Å². The van der Waals surface area contributed by atoms with Crippen molar-refractivity contribution >= 4 is 11.8 Å². The van der Waals surface area contributed by atoms with E-state index in [0.717, 1.165) is 49.3 Å². The molecule has 1 aliphatic carbocycles. The normalized spacial score (nSPS) is 19.8. The van der Waals surface area contributed by atoms with E-state index in [0.29, 0.717) is 19.0 Å². The second kappa shape index (κ2) is 7.63. The Balaban J connectivity index is 1.63. The molecule has 25 heavy (non-hydrogen) atoms. The maximum Gasteiger partial charge on any atom is 0.255 e. The van der Waals surface area contributed by atoms with Gasteiger partial charge in [-0.1, -0.05) is 19.3 Å². The third-order valence-corrected chi connectivity index (χ3v) is 6.05. The van der Waals surface area contributed by atoms with Crippen molar-refractivity contribution in [2.24, 2.45) is 13.0 Å². The molecule has 5 heteroatoms. The zero-order valence-electron chi connectivity index (χ0n) is 15.9. The van der Waals surface area contributed by atoms with Gasteiger partial charge in [0.25, 0.3) is 5.91 Å². The number of carbonyl (C=O) groups excluding carboxylic acids is 2. The zero-order chi connectivity index (χ0) is 18.0. The van der Waals surface area contributed by atoms with E-state index < -0.39 is 0 Å². The van der Waals surface area contributed by atoms with Crippen LogP contribution in [-0.4, -0.2) is 52.4 Å². The van der Waals surface area contributed by atoms with Crippen molar-refractivity contribution in [2.45, 2.75) is 52.4 Å². The summed E-state index contributed by atoms with van der Waals surface area (Å²) in [6.45, 7) is 6.86. The van der Waals surface area contributed by atoms with Crippen LogP contribution in [0.1, 0.15) is 60.3 Å². The molecule has 1 aromatic heterocycles. The Morgan fingerprint density at radius 3 is 2.20 bits per heavy atom. The molecule has 138 valence electrons. The Labute approximate surface area is 151 Å². The summed E-state index contributed by atoms with van der Waals surface area (Å²) in [5.41, 5.74) is 2.92. The predicted octanol–water partition coefficient (Wildman–Crippen LogP) is 2.90. The van der Waals surface area contributed by atoms with Gasteiger partial charge in [-0.05, 0) is 39.2 Å². The zero-order valence-corrected chi connectivity index (χ0v) is 15.9. The number of hydrogen-bond donors (Lipinski definition) is 0. The molecule has 2 aliphatic rings. The molecule has 1 saturated carbocycles. The molecule has 3 rings (SSSR count). The highest BCUT2D eigenvalue weighted by Gasteiger charge is 2.29. The fourth-order valence-corrected chi connectivity index (χ4v) is 4.19. The van der Waals surface area contributed by atoms with E-state index in [1.807, 2.05) is 36.8 Å². The molecule has 1 saturated heterocycles. The fraction of sp³-hybridized carbons (Fsp3) is 0.700. The van der Waals surface area contributed by atoms with Crippen LogP contribution in [0.2, 0.25) is 0 Å². The molecular weight excluding hydrogens is 314 g/mol. The summed E-state index contributed by atoms with van der Waals surface area (Å²) < 4.78 is 2.06. The number of aryl methyl sites for hydroxylation is 1. The van der Waals surface area contributed by atoms with E-state index in [4.69, 9.17) is 0 Å². The molecule has 2 heterocycles. The van der Waals surface area contributed by atoms with Crippen molar-refractivity contribution in [3.8, 4) is 0 Å². The molecule has 0 aromatic carbocycles. The molecule has 1 aromatic rings. The number of amides is 2. The first-order valence-electron chi connectivity index (χ1n) is 9.70. The highest BCUT2D eigenvalue weighted by atomic mass is 16.2. The first-order valence-corrected chi connectivity index (χ1v) is 9.70. The van der Waals surface area contributed by atoms with Gasteiger partial charge in [0.2, 0.25) is 5.91 Å². The van der Waals surface area contributed by atoms with E-state index in [9.17, 15) is 9.59 Å². The Morgan fingerprint density at radius 1 is 0.920 bits per heavy atom. The average Bonchev–Trinajstić information content (AvgIpc) is 2.83. The highest BCUT2D eigenvalue weighted by molar-refractivity contribution is 5.95. The maximum atomic E-state index is 12.9. The van der Waals surface area contributed by atoms with Crippen LogP contribution in [0.3, 0.4) is 0 Å². The van der Waals surface area contributed by atoms with Gasteiger partial charge in [-0.15, -0.1) is 0 Å². The topological polar surface area (TPSA) is 45.6 Å². The van der Waals surface area contributed by atoms with E-state index in [1.165, 1.54) is 19.3 Å². The summed E-state index contributed by atoms with van der Waals surface area (Å²) in [7, 11) is 1.99. The van der Waals surface area contributed by atoms with Crippen LogP contribution in [-0.2, 0) is 11.8 Å². The predicted molar refractivity (Wildman–Crippen MR) is 98.6 cm³/mol. The van der Waals surface area contributed by atoms with Crippen LogP contribution < -0.4 is 0 Å². The van der Waals surface area contributed by atoms with E-state index in [1.54, 1.807) is 0 Å². The van der Waals surface area contributed by atoms with Gasteiger partial charge in [0.1, 0.15) is 0 Å². The number of carbonyl (C=O) groups is 2. The van der Waals surface area contributed by atoms with Crippen molar-refractivity contribution in [3.63, 3.8) is 0 Å². The molecule has 1 aliphatic heterocycles. The van der Waals surface area contributed by atoms with Crippen LogP contribution >= 0.6 is 0 Å². The third-order valence-electron chi connectivity index (χ3n) is 6.05. The lowest BCUT2D eigenvalue weighted by atomic mass is 9.88. The standard InChI is InChI=1S/C20H31N3O2/c1-15-14-18(16(2)21(15)3)20(25)23-11-7-10-22(12-13-23)19(24)17-8-5-4-6-9-17/h14,17H,4-13H2,1-3H3. The minimum absolute atomic E-state index is 0.105. The van der Waals surface area contributed by atoms with Crippen LogP contribution in [0, 0.1) is 19.8 Å². The molecule has 0 spiro atoms. The van der Waals surface area contributed by atoms with Crippen LogP contribution in [0.15, 0.2) is 6.07 Å². The van der Waals surface area contributed by atoms with Crippen LogP contribution in [0.5, 0.6) is 0 Å². The smallest absolute Gasteiger partial charge is 0.255 e. The lowest BCUT2D eigenvalue weighted by Crippen LogP contribution is -2.40. The molecule has 2 amide bonds. The average molecular weight is 345 g/mol. The Kier molecular flexibility index (Phi) is 5.50. The Bertz CT molecular complexity index is 644. The van der Waals surface area contributed by atoms with Crippen molar-refractivity contribution < 1.29 is 9.59 Å².